The van der Waals surface area contributed by atoms with E-state index in [0.29, 0.717) is 16.9 Å². The highest BCUT2D eigenvalue weighted by molar-refractivity contribution is 5.11. The first-order valence-electron chi connectivity index (χ1n) is 9.38. The molecule has 0 amide bonds. The van der Waals surface area contributed by atoms with Gasteiger partial charge in [0.1, 0.15) is 0 Å². The van der Waals surface area contributed by atoms with E-state index >= 15 is 0 Å². The van der Waals surface area contributed by atoms with Crippen molar-refractivity contribution in [3.8, 4) is 0 Å². The summed E-state index contributed by atoms with van der Waals surface area (Å²) in [6, 6.07) is 0.400. The molecule has 4 aliphatic rings. The number of rotatable bonds is 0. The summed E-state index contributed by atoms with van der Waals surface area (Å²) in [5.41, 5.74) is 7.74. The van der Waals surface area contributed by atoms with Crippen LogP contribution < -0.4 is 5.73 Å². The Balaban J connectivity index is 1.67. The molecular formula is C19H33NO. The lowest BCUT2D eigenvalue weighted by Crippen LogP contribution is -2.60. The van der Waals surface area contributed by atoms with Crippen molar-refractivity contribution in [3.63, 3.8) is 0 Å². The van der Waals surface area contributed by atoms with E-state index in [2.05, 4.69) is 13.8 Å². The largest absolute Gasteiger partial charge is 0.393 e. The minimum Gasteiger partial charge on any atom is -0.393 e. The van der Waals surface area contributed by atoms with Crippen LogP contribution in [0.5, 0.6) is 0 Å². The molecule has 0 saturated heterocycles. The van der Waals surface area contributed by atoms with Crippen LogP contribution in [-0.2, 0) is 0 Å². The van der Waals surface area contributed by atoms with Crippen LogP contribution in [0.1, 0.15) is 71.6 Å². The van der Waals surface area contributed by atoms with Crippen molar-refractivity contribution in [1.29, 1.82) is 0 Å². The molecule has 4 fully saturated rings. The van der Waals surface area contributed by atoms with Crippen molar-refractivity contribution in [1.82, 2.24) is 0 Å². The molecule has 0 aromatic heterocycles. The van der Waals surface area contributed by atoms with Gasteiger partial charge in [-0.1, -0.05) is 20.3 Å². The highest BCUT2D eigenvalue weighted by Crippen LogP contribution is 2.65. The lowest BCUT2D eigenvalue weighted by atomic mass is 9.44. The van der Waals surface area contributed by atoms with Crippen LogP contribution in [0, 0.1) is 34.5 Å². The van der Waals surface area contributed by atoms with E-state index in [0.717, 1.165) is 36.5 Å². The Morgan fingerprint density at radius 3 is 2.67 bits per heavy atom. The van der Waals surface area contributed by atoms with Gasteiger partial charge in [-0.25, -0.2) is 0 Å². The summed E-state index contributed by atoms with van der Waals surface area (Å²) in [7, 11) is 0. The molecule has 0 heterocycles. The molecule has 2 heteroatoms. The van der Waals surface area contributed by atoms with Crippen LogP contribution in [0.2, 0.25) is 0 Å². The number of aliphatic hydroxyl groups is 1. The second kappa shape index (κ2) is 4.71. The topological polar surface area (TPSA) is 46.2 Å². The van der Waals surface area contributed by atoms with Gasteiger partial charge in [-0.3, -0.25) is 0 Å². The van der Waals surface area contributed by atoms with Gasteiger partial charge in [0, 0.05) is 6.04 Å². The molecule has 3 unspecified atom stereocenters. The molecule has 0 aromatic rings. The first-order valence-corrected chi connectivity index (χ1v) is 9.38. The molecule has 120 valence electrons. The van der Waals surface area contributed by atoms with E-state index in [9.17, 15) is 5.11 Å². The minimum atomic E-state index is -0.0452. The van der Waals surface area contributed by atoms with E-state index in [1.54, 1.807) is 0 Å². The van der Waals surface area contributed by atoms with E-state index in [-0.39, 0.29) is 6.10 Å². The first-order chi connectivity index (χ1) is 9.94. The third kappa shape index (κ3) is 1.97. The summed E-state index contributed by atoms with van der Waals surface area (Å²) in [6.45, 7) is 5.05. The number of nitrogens with two attached hydrogens (primary N) is 1. The Hall–Kier alpha value is -0.0800. The number of hydrogen-bond acceptors (Lipinski definition) is 2. The molecule has 4 rings (SSSR count). The molecule has 3 N–H and O–H groups in total. The normalized spacial score (nSPS) is 60.0. The van der Waals surface area contributed by atoms with Gasteiger partial charge in [0.15, 0.2) is 0 Å². The van der Waals surface area contributed by atoms with Crippen molar-refractivity contribution in [2.45, 2.75) is 83.8 Å². The van der Waals surface area contributed by atoms with E-state index in [1.807, 2.05) is 0 Å². The number of aliphatic hydroxyl groups excluding tert-OH is 1. The monoisotopic (exact) mass is 291 g/mol. The summed E-state index contributed by atoms with van der Waals surface area (Å²) in [5.74, 6) is 3.25. The lowest BCUT2D eigenvalue weighted by Gasteiger charge is -2.62. The zero-order valence-corrected chi connectivity index (χ0v) is 13.9. The van der Waals surface area contributed by atoms with Crippen molar-refractivity contribution >= 4 is 0 Å². The standard InChI is InChI=1S/C19H33NO/c1-18-8-3-4-15(18)14-6-5-12-10-13(21)7-9-19(12,2)17(14)16(20)11-18/h12-17,21H,3-11,20H2,1-2H3/t12?,13?,14-,15-,16?,17-,18-,19-/m0/s1. The fourth-order valence-corrected chi connectivity index (χ4v) is 7.51. The smallest absolute Gasteiger partial charge is 0.0543 e. The molecule has 21 heavy (non-hydrogen) atoms. The van der Waals surface area contributed by atoms with Gasteiger partial charge in [-0.15, -0.1) is 0 Å². The Bertz CT molecular complexity index is 424. The molecule has 0 aliphatic heterocycles. The average molecular weight is 291 g/mol. The maximum absolute atomic E-state index is 10.1. The molecular weight excluding hydrogens is 258 g/mol. The Morgan fingerprint density at radius 1 is 1.05 bits per heavy atom. The number of fused-ring (bicyclic) bond motifs is 5. The molecule has 0 aromatic carbocycles. The van der Waals surface area contributed by atoms with Crippen LogP contribution in [0.4, 0.5) is 0 Å². The average Bonchev–Trinajstić information content (AvgIpc) is 2.80. The highest BCUT2D eigenvalue weighted by atomic mass is 16.3. The van der Waals surface area contributed by atoms with E-state index in [1.165, 1.54) is 44.9 Å². The zero-order chi connectivity index (χ0) is 14.8. The van der Waals surface area contributed by atoms with E-state index < -0.39 is 0 Å². The van der Waals surface area contributed by atoms with Crippen LogP contribution in [0.25, 0.3) is 0 Å². The molecule has 0 bridgehead atoms. The summed E-state index contributed by atoms with van der Waals surface area (Å²) in [4.78, 5) is 0. The van der Waals surface area contributed by atoms with Gasteiger partial charge in [-0.05, 0) is 85.9 Å². The third-order valence-corrected chi connectivity index (χ3v) is 8.41. The van der Waals surface area contributed by atoms with Gasteiger partial charge in [-0.2, -0.15) is 0 Å². The van der Waals surface area contributed by atoms with Crippen molar-refractivity contribution in [2.75, 3.05) is 0 Å². The van der Waals surface area contributed by atoms with E-state index in [4.69, 9.17) is 5.73 Å². The Kier molecular flexibility index (Phi) is 3.25. The zero-order valence-electron chi connectivity index (χ0n) is 13.9. The Morgan fingerprint density at radius 2 is 1.86 bits per heavy atom. The molecule has 8 atom stereocenters. The van der Waals surface area contributed by atoms with Crippen LogP contribution in [-0.4, -0.2) is 17.3 Å². The SMILES string of the molecule is C[C@@]12CCC[C@H]1[C@@H]1CCC3CC(O)CC[C@]3(C)[C@@H]1C(N)C2. The second-order valence-electron chi connectivity index (χ2n) is 9.42. The van der Waals surface area contributed by atoms with Crippen molar-refractivity contribution in [3.05, 3.63) is 0 Å². The van der Waals surface area contributed by atoms with Gasteiger partial charge in [0.25, 0.3) is 0 Å². The van der Waals surface area contributed by atoms with Gasteiger partial charge in [0.05, 0.1) is 6.10 Å². The maximum atomic E-state index is 10.1. The molecule has 0 radical (unpaired) electrons. The minimum absolute atomic E-state index is 0.0452. The third-order valence-electron chi connectivity index (χ3n) is 8.41. The van der Waals surface area contributed by atoms with Gasteiger partial charge < -0.3 is 10.8 Å². The first kappa shape index (κ1) is 14.5. The highest BCUT2D eigenvalue weighted by Gasteiger charge is 2.60. The fourth-order valence-electron chi connectivity index (χ4n) is 7.51. The molecule has 4 saturated carbocycles. The molecule has 2 nitrogen and oxygen atoms in total. The second-order valence-corrected chi connectivity index (χ2v) is 9.42. The maximum Gasteiger partial charge on any atom is 0.0543 e. The van der Waals surface area contributed by atoms with Crippen molar-refractivity contribution < 1.29 is 5.11 Å². The molecule has 0 spiro atoms. The van der Waals surface area contributed by atoms with Gasteiger partial charge in [0.2, 0.25) is 0 Å². The van der Waals surface area contributed by atoms with Crippen LogP contribution >= 0.6 is 0 Å². The Labute approximate surface area is 129 Å². The summed E-state index contributed by atoms with van der Waals surface area (Å²) in [5, 5.41) is 10.1. The fraction of sp³-hybridized carbons (Fsp3) is 1.00. The van der Waals surface area contributed by atoms with Crippen LogP contribution in [0.15, 0.2) is 0 Å². The predicted octanol–water partition coefficient (Wildman–Crippen LogP) is 3.72. The number of hydrogen-bond donors (Lipinski definition) is 2. The molecule has 4 aliphatic carbocycles. The van der Waals surface area contributed by atoms with Crippen molar-refractivity contribution in [2.24, 2.45) is 40.2 Å². The van der Waals surface area contributed by atoms with Gasteiger partial charge >= 0.3 is 0 Å². The predicted molar refractivity (Wildman–Crippen MR) is 85.7 cm³/mol. The summed E-state index contributed by atoms with van der Waals surface area (Å²) in [6.07, 6.45) is 11.5. The van der Waals surface area contributed by atoms with Crippen LogP contribution in [0.3, 0.4) is 0 Å². The summed E-state index contributed by atoms with van der Waals surface area (Å²) >= 11 is 0. The summed E-state index contributed by atoms with van der Waals surface area (Å²) < 4.78 is 0. The quantitative estimate of drug-likeness (QED) is 0.714. The lowest BCUT2D eigenvalue weighted by molar-refractivity contribution is -0.129.